The molecule has 0 amide bonds. The molecule has 2 heterocycles. The average Bonchev–Trinajstić information content (AvgIpc) is 2.58. The Hall–Kier alpha value is -1.46. The van der Waals surface area contributed by atoms with Gasteiger partial charge in [0.2, 0.25) is 0 Å². The maximum atomic E-state index is 10.2. The van der Waals surface area contributed by atoms with Gasteiger partial charge in [-0.3, -0.25) is 0 Å². The fourth-order valence-corrected chi connectivity index (χ4v) is 1.05. The van der Waals surface area contributed by atoms with Gasteiger partial charge in [-0.1, -0.05) is 0 Å². The van der Waals surface area contributed by atoms with Gasteiger partial charge in [0.1, 0.15) is 24.4 Å². The summed E-state index contributed by atoms with van der Waals surface area (Å²) in [7, 11) is 0. The number of carbonyl (C=O) groups excluding carboxylic acids is 2. The van der Waals surface area contributed by atoms with Gasteiger partial charge < -0.3 is 18.9 Å². The molecule has 6 heteroatoms. The topological polar surface area (TPSA) is 71.1 Å². The first-order valence-electron chi connectivity index (χ1n) is 5.14. The monoisotopic (exact) mass is 232 g/mol. The van der Waals surface area contributed by atoms with Crippen molar-refractivity contribution in [3.05, 3.63) is 0 Å². The van der Waals surface area contributed by atoms with E-state index in [9.17, 15) is 9.59 Å². The van der Waals surface area contributed by atoms with Crippen LogP contribution < -0.4 is 0 Å². The summed E-state index contributed by atoms with van der Waals surface area (Å²) in [6.45, 7) is 7.20. The highest BCUT2D eigenvalue weighted by atomic mass is 16.8. The van der Waals surface area contributed by atoms with E-state index < -0.39 is 12.3 Å². The van der Waals surface area contributed by atoms with Crippen LogP contribution in [0.25, 0.3) is 0 Å². The van der Waals surface area contributed by atoms with Crippen LogP contribution in [-0.2, 0) is 18.9 Å². The van der Waals surface area contributed by atoms with Crippen LogP contribution in [0.4, 0.5) is 9.59 Å². The summed E-state index contributed by atoms with van der Waals surface area (Å²) >= 11 is 0. The highest BCUT2D eigenvalue weighted by molar-refractivity contribution is 5.62. The molecule has 0 radical (unpaired) electrons. The molecule has 2 saturated heterocycles. The van der Waals surface area contributed by atoms with Gasteiger partial charge >= 0.3 is 12.3 Å². The summed E-state index contributed by atoms with van der Waals surface area (Å²) in [4.78, 5) is 20.4. The molecule has 92 valence electrons. The minimum absolute atomic E-state index is 0.0810. The molecule has 0 bridgehead atoms. The molecular formula is C10H16O6. The van der Waals surface area contributed by atoms with Crippen LogP contribution >= 0.6 is 0 Å². The third kappa shape index (κ3) is 3.29. The molecule has 2 rings (SSSR count). The molecule has 2 fully saturated rings. The first-order chi connectivity index (χ1) is 7.40. The van der Waals surface area contributed by atoms with E-state index in [4.69, 9.17) is 0 Å². The van der Waals surface area contributed by atoms with E-state index in [1.807, 2.05) is 0 Å². The van der Waals surface area contributed by atoms with Crippen LogP contribution in [0.3, 0.4) is 0 Å². The van der Waals surface area contributed by atoms with Gasteiger partial charge in [-0.2, -0.15) is 0 Å². The van der Waals surface area contributed by atoms with E-state index in [1.165, 1.54) is 0 Å². The zero-order chi connectivity index (χ0) is 12.3. The Morgan fingerprint density at radius 1 is 0.625 bits per heavy atom. The lowest BCUT2D eigenvalue weighted by Crippen LogP contribution is -2.13. The molecule has 0 aromatic rings. The molecule has 0 unspecified atom stereocenters. The highest BCUT2D eigenvalue weighted by Gasteiger charge is 2.29. The number of rotatable bonds is 0. The Morgan fingerprint density at radius 3 is 0.875 bits per heavy atom. The Bertz CT molecular complexity index is 224. The van der Waals surface area contributed by atoms with E-state index in [1.54, 1.807) is 27.7 Å². The number of hydrogen-bond donors (Lipinski definition) is 0. The van der Waals surface area contributed by atoms with Crippen LogP contribution in [0, 0.1) is 0 Å². The van der Waals surface area contributed by atoms with E-state index in [0.717, 1.165) is 0 Å². The number of carbonyl (C=O) groups is 2. The van der Waals surface area contributed by atoms with Crippen molar-refractivity contribution >= 4 is 12.3 Å². The Morgan fingerprint density at radius 2 is 0.812 bits per heavy atom. The SMILES string of the molecule is C[C@@H]1OC(=O)O[C@H]1C.C[C@@H]1OC(=O)O[C@H]1C. The highest BCUT2D eigenvalue weighted by Crippen LogP contribution is 2.13. The van der Waals surface area contributed by atoms with Crippen molar-refractivity contribution in [3.63, 3.8) is 0 Å². The van der Waals surface area contributed by atoms with Gasteiger partial charge in [0, 0.05) is 0 Å². The van der Waals surface area contributed by atoms with Crippen molar-refractivity contribution in [2.75, 3.05) is 0 Å². The second kappa shape index (κ2) is 5.05. The van der Waals surface area contributed by atoms with Crippen molar-refractivity contribution in [2.45, 2.75) is 52.1 Å². The van der Waals surface area contributed by atoms with Crippen LogP contribution in [0.5, 0.6) is 0 Å². The second-order valence-electron chi connectivity index (χ2n) is 3.79. The van der Waals surface area contributed by atoms with Crippen LogP contribution in [0.2, 0.25) is 0 Å². The van der Waals surface area contributed by atoms with Gasteiger partial charge in [0.15, 0.2) is 0 Å². The van der Waals surface area contributed by atoms with Gasteiger partial charge in [0.05, 0.1) is 0 Å². The maximum absolute atomic E-state index is 10.2. The summed E-state index contributed by atoms with van der Waals surface area (Å²) in [5, 5.41) is 0. The van der Waals surface area contributed by atoms with E-state index in [-0.39, 0.29) is 24.4 Å². The molecule has 6 nitrogen and oxygen atoms in total. The molecule has 0 aliphatic carbocycles. The third-order valence-electron chi connectivity index (χ3n) is 2.45. The van der Waals surface area contributed by atoms with Gasteiger partial charge in [-0.15, -0.1) is 0 Å². The van der Waals surface area contributed by atoms with E-state index >= 15 is 0 Å². The Labute approximate surface area is 93.8 Å². The summed E-state index contributed by atoms with van der Waals surface area (Å²) in [5.41, 5.74) is 0. The van der Waals surface area contributed by atoms with Crippen molar-refractivity contribution in [1.29, 1.82) is 0 Å². The minimum Gasteiger partial charge on any atom is -0.427 e. The van der Waals surface area contributed by atoms with Crippen molar-refractivity contribution in [3.8, 4) is 0 Å². The number of ether oxygens (including phenoxy) is 4. The maximum Gasteiger partial charge on any atom is 0.509 e. The molecule has 4 atom stereocenters. The Kier molecular flexibility index (Phi) is 3.98. The molecule has 0 spiro atoms. The number of cyclic esters (lactones) is 4. The fraction of sp³-hybridized carbons (Fsp3) is 0.800. The van der Waals surface area contributed by atoms with Gasteiger partial charge in [0.25, 0.3) is 0 Å². The van der Waals surface area contributed by atoms with E-state index in [2.05, 4.69) is 18.9 Å². The first-order valence-corrected chi connectivity index (χ1v) is 5.14. The molecule has 2 aliphatic heterocycles. The van der Waals surface area contributed by atoms with Crippen molar-refractivity contribution < 1.29 is 28.5 Å². The lowest BCUT2D eigenvalue weighted by molar-refractivity contribution is 0.117. The van der Waals surface area contributed by atoms with Gasteiger partial charge in [-0.25, -0.2) is 9.59 Å². The average molecular weight is 232 g/mol. The van der Waals surface area contributed by atoms with Crippen molar-refractivity contribution in [1.82, 2.24) is 0 Å². The summed E-state index contributed by atoms with van der Waals surface area (Å²) in [5.74, 6) is 0. The molecule has 0 aromatic heterocycles. The predicted octanol–water partition coefficient (Wildman–Crippen LogP) is 1.86. The molecule has 0 saturated carbocycles. The van der Waals surface area contributed by atoms with E-state index in [0.29, 0.717) is 0 Å². The second-order valence-corrected chi connectivity index (χ2v) is 3.79. The molecular weight excluding hydrogens is 216 g/mol. The largest absolute Gasteiger partial charge is 0.509 e. The third-order valence-corrected chi connectivity index (χ3v) is 2.45. The summed E-state index contributed by atoms with van der Waals surface area (Å²) in [6, 6.07) is 0. The van der Waals surface area contributed by atoms with Crippen LogP contribution in [0.1, 0.15) is 27.7 Å². The first kappa shape index (κ1) is 12.6. The summed E-state index contributed by atoms with van der Waals surface area (Å²) < 4.78 is 18.4. The number of hydrogen-bond acceptors (Lipinski definition) is 6. The summed E-state index contributed by atoms with van der Waals surface area (Å²) in [6.07, 6.45) is -1.43. The van der Waals surface area contributed by atoms with Crippen LogP contribution in [0.15, 0.2) is 0 Å². The Balaban J connectivity index is 0.000000160. The normalized spacial score (nSPS) is 36.5. The molecule has 2 aliphatic rings. The molecule has 0 aromatic carbocycles. The quantitative estimate of drug-likeness (QED) is 0.593. The lowest BCUT2D eigenvalue weighted by atomic mass is 10.3. The fourth-order valence-electron chi connectivity index (χ4n) is 1.05. The smallest absolute Gasteiger partial charge is 0.427 e. The standard InChI is InChI=1S/2C5H8O3/c2*1-3-4(2)8-5(6)7-3/h2*3-4H,1-2H3/t2*3-,4-/m00/s1. The van der Waals surface area contributed by atoms with Crippen LogP contribution in [-0.4, -0.2) is 36.7 Å². The molecule has 0 N–H and O–H groups in total. The molecule has 16 heavy (non-hydrogen) atoms. The zero-order valence-electron chi connectivity index (χ0n) is 9.76. The predicted molar refractivity (Wildman–Crippen MR) is 53.0 cm³/mol. The lowest BCUT2D eigenvalue weighted by Gasteiger charge is -2.00. The van der Waals surface area contributed by atoms with Gasteiger partial charge in [-0.05, 0) is 27.7 Å². The minimum atomic E-state index is -0.551. The van der Waals surface area contributed by atoms with Crippen molar-refractivity contribution in [2.24, 2.45) is 0 Å². The zero-order valence-corrected chi connectivity index (χ0v) is 9.76.